The molecule has 2 saturated heterocycles. The minimum absolute atomic E-state index is 0.0950. The zero-order valence-electron chi connectivity index (χ0n) is 22.7. The molecule has 3 fully saturated rings. The van der Waals surface area contributed by atoms with E-state index in [1.807, 2.05) is 13.0 Å². The fourth-order valence-electron chi connectivity index (χ4n) is 5.62. The summed E-state index contributed by atoms with van der Waals surface area (Å²) in [5.41, 5.74) is 2.70. The molecule has 1 aromatic carbocycles. The second kappa shape index (κ2) is 10.4. The van der Waals surface area contributed by atoms with E-state index >= 15 is 0 Å². The molecule has 11 heteroatoms. The predicted molar refractivity (Wildman–Crippen MR) is 146 cm³/mol. The lowest BCUT2D eigenvalue weighted by molar-refractivity contribution is -0.123. The minimum atomic E-state index is -2.62. The molecule has 41 heavy (non-hydrogen) atoms. The number of carbonyl (C=O) groups excluding carboxylic acids is 1. The summed E-state index contributed by atoms with van der Waals surface area (Å²) >= 11 is 0. The molecular weight excluding hydrogens is 533 g/mol. The number of nitrogens with zero attached hydrogens (tertiary/aromatic N) is 5. The summed E-state index contributed by atoms with van der Waals surface area (Å²) in [5.74, 6) is -0.213. The number of hydrogen-bond acceptors (Lipinski definition) is 7. The molecule has 1 aliphatic carbocycles. The van der Waals surface area contributed by atoms with Gasteiger partial charge < -0.3 is 19.9 Å². The fourth-order valence-corrected chi connectivity index (χ4v) is 5.62. The second-order valence-corrected chi connectivity index (χ2v) is 11.4. The van der Waals surface area contributed by atoms with E-state index < -0.39 is 11.8 Å². The largest absolute Gasteiger partial charge is 0.472 e. The van der Waals surface area contributed by atoms with Crippen LogP contribution in [0.3, 0.4) is 0 Å². The van der Waals surface area contributed by atoms with Crippen molar-refractivity contribution in [3.05, 3.63) is 89.3 Å². The van der Waals surface area contributed by atoms with Crippen LogP contribution in [-0.2, 0) is 23.4 Å². The number of carbonyl (C=O) groups is 1. The summed E-state index contributed by atoms with van der Waals surface area (Å²) in [6, 6.07) is 11.2. The Balaban J connectivity index is 0.998. The van der Waals surface area contributed by atoms with Crippen LogP contribution in [0.15, 0.2) is 60.9 Å². The minimum Gasteiger partial charge on any atom is -0.472 e. The summed E-state index contributed by atoms with van der Waals surface area (Å²) in [4.78, 5) is 21.1. The number of hydrogen-bond donors (Lipinski definition) is 1. The Labute approximate surface area is 236 Å². The summed E-state index contributed by atoms with van der Waals surface area (Å²) in [7, 11) is 0. The summed E-state index contributed by atoms with van der Waals surface area (Å²) in [6.07, 6.45) is -0.00790. The average Bonchev–Trinajstić information content (AvgIpc) is 3.72. The Morgan fingerprint density at radius 2 is 1.83 bits per heavy atom. The predicted octanol–water partition coefficient (Wildman–Crippen LogP) is 4.53. The Morgan fingerprint density at radius 1 is 1.07 bits per heavy atom. The molecule has 0 radical (unpaired) electrons. The smallest absolute Gasteiger partial charge is 0.280 e. The maximum Gasteiger partial charge on any atom is 0.280 e. The SMILES string of the molecule is C=C(C)N1CC2(C1)CN(c1ccc(CNC(=O)C3(c4ccc(OCc5ccc(C(F)F)nc5)nn4)CC3)cc1F)C2. The molecule has 4 heterocycles. The zero-order chi connectivity index (χ0) is 28.8. The Kier molecular flexibility index (Phi) is 6.83. The number of halogens is 3. The molecule has 2 aromatic heterocycles. The van der Waals surface area contributed by atoms with Crippen molar-refractivity contribution in [2.45, 2.75) is 44.8 Å². The van der Waals surface area contributed by atoms with Crippen LogP contribution in [0.4, 0.5) is 18.9 Å². The van der Waals surface area contributed by atoms with Crippen LogP contribution in [0, 0.1) is 11.2 Å². The van der Waals surface area contributed by atoms with Gasteiger partial charge in [-0.2, -0.15) is 5.10 Å². The number of allylic oxidation sites excluding steroid dienone is 1. The van der Waals surface area contributed by atoms with Gasteiger partial charge in [0.2, 0.25) is 11.8 Å². The Morgan fingerprint density at radius 3 is 2.41 bits per heavy atom. The number of anilines is 1. The van der Waals surface area contributed by atoms with Crippen molar-refractivity contribution in [2.24, 2.45) is 5.41 Å². The van der Waals surface area contributed by atoms with Gasteiger partial charge in [0.25, 0.3) is 6.43 Å². The number of likely N-dealkylation sites (tertiary alicyclic amines) is 1. The van der Waals surface area contributed by atoms with Gasteiger partial charge in [0.1, 0.15) is 18.1 Å². The third-order valence-corrected chi connectivity index (χ3v) is 8.22. The number of rotatable bonds is 10. The monoisotopic (exact) mass is 564 g/mol. The summed E-state index contributed by atoms with van der Waals surface area (Å²) < 4.78 is 45.8. The van der Waals surface area contributed by atoms with Crippen LogP contribution in [0.1, 0.15) is 48.7 Å². The van der Waals surface area contributed by atoms with Crippen LogP contribution >= 0.6 is 0 Å². The van der Waals surface area contributed by atoms with E-state index in [1.165, 1.54) is 24.4 Å². The standard InChI is InChI=1S/C30H31F3N6O2/c1-19(2)38-15-29(16-38)17-39(18-29)24-6-4-20(11-22(24)31)12-35-28(40)30(9-10-30)25-7-8-26(37-36-25)41-14-21-3-5-23(27(32)33)34-13-21/h3-8,11,13,27H,1,9-10,12,14-18H2,2H3,(H,35,40). The van der Waals surface area contributed by atoms with Crippen LogP contribution in [0.2, 0.25) is 0 Å². The van der Waals surface area contributed by atoms with E-state index in [4.69, 9.17) is 4.74 Å². The number of alkyl halides is 2. The van der Waals surface area contributed by atoms with Gasteiger partial charge >= 0.3 is 0 Å². The first-order valence-electron chi connectivity index (χ1n) is 13.6. The highest BCUT2D eigenvalue weighted by Crippen LogP contribution is 2.48. The molecule has 1 amide bonds. The number of aromatic nitrogens is 3. The van der Waals surface area contributed by atoms with Gasteiger partial charge in [-0.25, -0.2) is 13.2 Å². The molecule has 0 bridgehead atoms. The van der Waals surface area contributed by atoms with E-state index in [0.29, 0.717) is 35.3 Å². The average molecular weight is 565 g/mol. The summed E-state index contributed by atoms with van der Waals surface area (Å²) in [6.45, 7) is 9.93. The molecule has 0 unspecified atom stereocenters. The highest BCUT2D eigenvalue weighted by Gasteiger charge is 2.53. The first kappa shape index (κ1) is 27.0. The molecule has 3 aliphatic rings. The molecule has 214 valence electrons. The normalized spacial score (nSPS) is 18.1. The van der Waals surface area contributed by atoms with E-state index in [0.717, 1.165) is 31.9 Å². The number of ether oxygens (including phenoxy) is 1. The van der Waals surface area contributed by atoms with Crippen molar-refractivity contribution in [1.29, 1.82) is 0 Å². The molecule has 1 saturated carbocycles. The van der Waals surface area contributed by atoms with Crippen molar-refractivity contribution in [2.75, 3.05) is 31.1 Å². The molecule has 3 aromatic rings. The van der Waals surface area contributed by atoms with Gasteiger partial charge in [-0.05, 0) is 49.6 Å². The van der Waals surface area contributed by atoms with Gasteiger partial charge in [0, 0.05) is 61.7 Å². The zero-order valence-corrected chi connectivity index (χ0v) is 22.7. The molecule has 1 spiro atoms. The van der Waals surface area contributed by atoms with E-state index in [2.05, 4.69) is 36.9 Å². The van der Waals surface area contributed by atoms with Gasteiger partial charge in [0.05, 0.1) is 16.8 Å². The van der Waals surface area contributed by atoms with Crippen LogP contribution < -0.4 is 15.0 Å². The van der Waals surface area contributed by atoms with Crippen molar-refractivity contribution in [3.63, 3.8) is 0 Å². The van der Waals surface area contributed by atoms with Gasteiger partial charge in [-0.3, -0.25) is 9.78 Å². The van der Waals surface area contributed by atoms with E-state index in [1.54, 1.807) is 18.2 Å². The highest BCUT2D eigenvalue weighted by atomic mass is 19.3. The summed E-state index contributed by atoms with van der Waals surface area (Å²) in [5, 5.41) is 11.2. The lowest BCUT2D eigenvalue weighted by atomic mass is 9.72. The fraction of sp³-hybridized carbons (Fsp3) is 0.400. The molecule has 0 atom stereocenters. The lowest BCUT2D eigenvalue weighted by Gasteiger charge is -2.61. The second-order valence-electron chi connectivity index (χ2n) is 11.4. The highest BCUT2D eigenvalue weighted by molar-refractivity contribution is 5.90. The Bertz CT molecular complexity index is 1450. The molecule has 8 nitrogen and oxygen atoms in total. The van der Waals surface area contributed by atoms with Crippen LogP contribution in [-0.4, -0.2) is 52.2 Å². The molecular formula is C30H31F3N6O2. The van der Waals surface area contributed by atoms with E-state index in [9.17, 15) is 18.0 Å². The first-order chi connectivity index (χ1) is 19.7. The molecule has 6 rings (SSSR count). The van der Waals surface area contributed by atoms with Gasteiger partial charge in [-0.15, -0.1) is 5.10 Å². The topological polar surface area (TPSA) is 83.5 Å². The lowest BCUT2D eigenvalue weighted by Crippen LogP contribution is -2.71. The third kappa shape index (κ3) is 5.32. The number of amides is 1. The quantitative estimate of drug-likeness (QED) is 0.388. The maximum atomic E-state index is 15.0. The number of nitrogens with one attached hydrogen (secondary N) is 1. The van der Waals surface area contributed by atoms with Crippen molar-refractivity contribution >= 4 is 11.6 Å². The maximum absolute atomic E-state index is 15.0. The van der Waals surface area contributed by atoms with Gasteiger partial charge in [-0.1, -0.05) is 18.7 Å². The molecule has 2 aliphatic heterocycles. The van der Waals surface area contributed by atoms with E-state index in [-0.39, 0.29) is 41.9 Å². The number of pyridine rings is 1. The van der Waals surface area contributed by atoms with Crippen LogP contribution in [0.5, 0.6) is 5.88 Å². The third-order valence-electron chi connectivity index (χ3n) is 8.22. The van der Waals surface area contributed by atoms with Crippen molar-refractivity contribution in [1.82, 2.24) is 25.4 Å². The number of benzene rings is 1. The Hall–Kier alpha value is -4.15. The van der Waals surface area contributed by atoms with Crippen molar-refractivity contribution < 1.29 is 22.7 Å². The van der Waals surface area contributed by atoms with Crippen LogP contribution in [0.25, 0.3) is 0 Å². The molecule has 1 N–H and O–H groups in total. The van der Waals surface area contributed by atoms with Crippen molar-refractivity contribution in [3.8, 4) is 5.88 Å². The van der Waals surface area contributed by atoms with Gasteiger partial charge in [0.15, 0.2) is 0 Å². The first-order valence-corrected chi connectivity index (χ1v) is 13.6.